The van der Waals surface area contributed by atoms with Gasteiger partial charge in [-0.2, -0.15) is 0 Å². The van der Waals surface area contributed by atoms with E-state index in [1.807, 2.05) is 13.8 Å². The standard InChI is InChI=1S/C28H26N2O6/c1-4-36-22-16-14-20(15-17-22)29-28(27(34)35-3)23(24(31)19-12-10-18(2)11-13-19)25(32)26(33)30(28)21-8-6-5-7-9-21/h5-17,29,31H,4H2,1-3H3. The van der Waals surface area contributed by atoms with Gasteiger partial charge in [0.05, 0.1) is 13.7 Å². The molecule has 8 heteroatoms. The van der Waals surface area contributed by atoms with Gasteiger partial charge in [-0.15, -0.1) is 0 Å². The van der Waals surface area contributed by atoms with Crippen molar-refractivity contribution in [2.75, 3.05) is 23.9 Å². The van der Waals surface area contributed by atoms with Gasteiger partial charge in [-0.25, -0.2) is 4.79 Å². The summed E-state index contributed by atoms with van der Waals surface area (Å²) in [6, 6.07) is 21.7. The number of hydrogen-bond acceptors (Lipinski definition) is 7. The van der Waals surface area contributed by atoms with Crippen LogP contribution in [-0.4, -0.2) is 42.1 Å². The van der Waals surface area contributed by atoms with Crippen LogP contribution < -0.4 is 15.0 Å². The number of nitrogens with one attached hydrogen (secondary N) is 1. The summed E-state index contributed by atoms with van der Waals surface area (Å²) in [6.07, 6.45) is 0. The molecule has 1 unspecified atom stereocenters. The zero-order chi connectivity index (χ0) is 25.9. The second kappa shape index (κ2) is 9.95. The third-order valence-electron chi connectivity index (χ3n) is 5.87. The number of aliphatic hydroxyl groups excluding tert-OH is 1. The number of hydrogen-bond donors (Lipinski definition) is 2. The zero-order valence-corrected chi connectivity index (χ0v) is 20.1. The van der Waals surface area contributed by atoms with Crippen molar-refractivity contribution < 1.29 is 29.0 Å². The lowest BCUT2D eigenvalue weighted by Crippen LogP contribution is -2.59. The Morgan fingerprint density at radius 1 is 0.972 bits per heavy atom. The van der Waals surface area contributed by atoms with Crippen LogP contribution in [0.25, 0.3) is 5.76 Å². The van der Waals surface area contributed by atoms with Gasteiger partial charge in [0.1, 0.15) is 17.1 Å². The highest BCUT2D eigenvalue weighted by atomic mass is 16.5. The summed E-state index contributed by atoms with van der Waals surface area (Å²) in [4.78, 5) is 41.5. The van der Waals surface area contributed by atoms with E-state index in [2.05, 4.69) is 5.32 Å². The Balaban J connectivity index is 1.99. The second-order valence-corrected chi connectivity index (χ2v) is 8.18. The van der Waals surface area contributed by atoms with Crippen LogP contribution in [0.5, 0.6) is 5.75 Å². The molecule has 3 aromatic carbocycles. The quantitative estimate of drug-likeness (QED) is 0.223. The molecule has 1 aliphatic rings. The Labute approximate surface area is 208 Å². The predicted molar refractivity (Wildman–Crippen MR) is 136 cm³/mol. The number of amides is 1. The number of rotatable bonds is 7. The van der Waals surface area contributed by atoms with Crippen LogP contribution >= 0.6 is 0 Å². The third kappa shape index (κ3) is 4.17. The van der Waals surface area contributed by atoms with Crippen molar-refractivity contribution in [3.05, 3.63) is 95.6 Å². The van der Waals surface area contributed by atoms with Crippen molar-refractivity contribution in [3.8, 4) is 5.75 Å². The molecule has 0 saturated carbocycles. The average molecular weight is 487 g/mol. The fourth-order valence-electron chi connectivity index (χ4n) is 4.18. The summed E-state index contributed by atoms with van der Waals surface area (Å²) in [5.74, 6) is -2.87. The van der Waals surface area contributed by atoms with Crippen molar-refractivity contribution in [2.45, 2.75) is 19.5 Å². The molecule has 0 radical (unpaired) electrons. The summed E-state index contributed by atoms with van der Waals surface area (Å²) >= 11 is 0. The minimum absolute atomic E-state index is 0.270. The van der Waals surface area contributed by atoms with Gasteiger partial charge in [0.25, 0.3) is 11.4 Å². The number of Topliss-reactive ketones (excluding diaryl/α,β-unsaturated/α-hetero) is 1. The molecule has 0 spiro atoms. The Morgan fingerprint density at radius 2 is 1.61 bits per heavy atom. The molecule has 1 fully saturated rings. The summed E-state index contributed by atoms with van der Waals surface area (Å²) in [5.41, 5.74) is -0.753. The maximum atomic E-state index is 13.6. The topological polar surface area (TPSA) is 105 Å². The van der Waals surface area contributed by atoms with Crippen LogP contribution in [0.3, 0.4) is 0 Å². The molecule has 1 atom stereocenters. The molecular formula is C28H26N2O6. The number of methoxy groups -OCH3 is 1. The number of anilines is 2. The molecule has 1 saturated heterocycles. The van der Waals surface area contributed by atoms with Gasteiger partial charge in [-0.05, 0) is 50.2 Å². The Bertz CT molecular complexity index is 1320. The van der Waals surface area contributed by atoms with Crippen molar-refractivity contribution in [1.29, 1.82) is 0 Å². The highest BCUT2D eigenvalue weighted by Gasteiger charge is 2.63. The first-order valence-electron chi connectivity index (χ1n) is 11.4. The summed E-state index contributed by atoms with van der Waals surface area (Å²) < 4.78 is 10.6. The fourth-order valence-corrected chi connectivity index (χ4v) is 4.18. The molecule has 0 aromatic heterocycles. The summed E-state index contributed by atoms with van der Waals surface area (Å²) in [5, 5.41) is 14.4. The summed E-state index contributed by atoms with van der Waals surface area (Å²) in [6.45, 7) is 4.21. The van der Waals surface area contributed by atoms with Gasteiger partial charge in [0.15, 0.2) is 0 Å². The molecule has 36 heavy (non-hydrogen) atoms. The van der Waals surface area contributed by atoms with Crippen molar-refractivity contribution in [2.24, 2.45) is 0 Å². The Hall–Kier alpha value is -4.59. The van der Waals surface area contributed by atoms with E-state index in [1.165, 1.54) is 0 Å². The molecular weight excluding hydrogens is 460 g/mol. The lowest BCUT2D eigenvalue weighted by molar-refractivity contribution is -0.145. The highest BCUT2D eigenvalue weighted by Crippen LogP contribution is 2.42. The lowest BCUT2D eigenvalue weighted by Gasteiger charge is -2.37. The van der Waals surface area contributed by atoms with Gasteiger partial charge in [0.2, 0.25) is 0 Å². The molecule has 1 aliphatic heterocycles. The van der Waals surface area contributed by atoms with Crippen molar-refractivity contribution >= 4 is 34.8 Å². The fraction of sp³-hybridized carbons (Fsp3) is 0.179. The van der Waals surface area contributed by atoms with E-state index in [0.717, 1.165) is 17.6 Å². The van der Waals surface area contributed by atoms with E-state index in [9.17, 15) is 19.5 Å². The maximum Gasteiger partial charge on any atom is 0.358 e. The molecule has 0 bridgehead atoms. The van der Waals surface area contributed by atoms with Gasteiger partial charge in [-0.1, -0.05) is 48.0 Å². The van der Waals surface area contributed by atoms with Crippen LogP contribution in [0.15, 0.2) is 84.4 Å². The van der Waals surface area contributed by atoms with Gasteiger partial charge in [-0.3, -0.25) is 14.5 Å². The number of para-hydroxylation sites is 1. The molecule has 2 N–H and O–H groups in total. The minimum Gasteiger partial charge on any atom is -0.507 e. The number of nitrogens with zero attached hydrogens (tertiary/aromatic N) is 1. The van der Waals surface area contributed by atoms with Crippen LogP contribution in [0, 0.1) is 6.92 Å². The molecule has 4 rings (SSSR count). The molecule has 1 heterocycles. The zero-order valence-electron chi connectivity index (χ0n) is 20.1. The van der Waals surface area contributed by atoms with E-state index in [1.54, 1.807) is 78.9 Å². The van der Waals surface area contributed by atoms with Crippen LogP contribution in [-0.2, 0) is 19.1 Å². The van der Waals surface area contributed by atoms with Gasteiger partial charge in [0, 0.05) is 16.9 Å². The van der Waals surface area contributed by atoms with Gasteiger partial charge < -0.3 is 19.9 Å². The largest absolute Gasteiger partial charge is 0.507 e. The van der Waals surface area contributed by atoms with Crippen molar-refractivity contribution in [1.82, 2.24) is 0 Å². The first-order valence-corrected chi connectivity index (χ1v) is 11.4. The van der Waals surface area contributed by atoms with Crippen molar-refractivity contribution in [3.63, 3.8) is 0 Å². The van der Waals surface area contributed by atoms with Gasteiger partial charge >= 0.3 is 11.9 Å². The molecule has 1 amide bonds. The normalized spacial score (nSPS) is 18.7. The predicted octanol–water partition coefficient (Wildman–Crippen LogP) is 4.26. The second-order valence-electron chi connectivity index (χ2n) is 8.18. The van der Waals surface area contributed by atoms with Crippen LogP contribution in [0.2, 0.25) is 0 Å². The first-order chi connectivity index (χ1) is 17.3. The number of ketones is 1. The van der Waals surface area contributed by atoms with E-state index >= 15 is 0 Å². The van der Waals surface area contributed by atoms with Crippen LogP contribution in [0.4, 0.5) is 11.4 Å². The minimum atomic E-state index is -2.19. The number of carbonyl (C=O) groups is 3. The number of carbonyl (C=O) groups excluding carboxylic acids is 3. The number of aliphatic hydroxyl groups is 1. The van der Waals surface area contributed by atoms with Crippen LogP contribution in [0.1, 0.15) is 18.1 Å². The SMILES string of the molecule is CCOc1ccc(NC2(C(=O)OC)C(=C(O)c3ccc(C)cc3)C(=O)C(=O)N2c2ccccc2)cc1. The molecule has 3 aromatic rings. The number of ether oxygens (including phenoxy) is 2. The Morgan fingerprint density at radius 3 is 2.19 bits per heavy atom. The number of aryl methyl sites for hydroxylation is 1. The lowest BCUT2D eigenvalue weighted by atomic mass is 9.93. The van der Waals surface area contributed by atoms with E-state index in [0.29, 0.717) is 18.0 Å². The number of benzene rings is 3. The highest BCUT2D eigenvalue weighted by molar-refractivity contribution is 6.54. The number of esters is 1. The summed E-state index contributed by atoms with van der Waals surface area (Å²) in [7, 11) is 1.15. The molecule has 0 aliphatic carbocycles. The van der Waals surface area contributed by atoms with E-state index in [4.69, 9.17) is 9.47 Å². The third-order valence-corrected chi connectivity index (χ3v) is 5.87. The maximum absolute atomic E-state index is 13.6. The smallest absolute Gasteiger partial charge is 0.358 e. The Kier molecular flexibility index (Phi) is 6.78. The molecule has 8 nitrogen and oxygen atoms in total. The average Bonchev–Trinajstić information content (AvgIpc) is 3.12. The monoisotopic (exact) mass is 486 g/mol. The van der Waals surface area contributed by atoms with E-state index in [-0.39, 0.29) is 11.3 Å². The first kappa shape index (κ1) is 24.5. The molecule has 184 valence electrons. The van der Waals surface area contributed by atoms with E-state index < -0.39 is 34.7 Å².